The molecule has 1 saturated heterocycles. The van der Waals surface area contributed by atoms with Gasteiger partial charge in [0.15, 0.2) is 0 Å². The normalized spacial score (nSPS) is 17.3. The summed E-state index contributed by atoms with van der Waals surface area (Å²) >= 11 is 0. The summed E-state index contributed by atoms with van der Waals surface area (Å²) in [5.74, 6) is -3.11. The van der Waals surface area contributed by atoms with Gasteiger partial charge in [-0.05, 0) is 35.2 Å². The van der Waals surface area contributed by atoms with Gasteiger partial charge in [-0.3, -0.25) is 9.59 Å². The monoisotopic (exact) mass is 372 g/mol. The fourth-order valence-electron chi connectivity index (χ4n) is 3.12. The van der Waals surface area contributed by atoms with Crippen LogP contribution in [0.5, 0.6) is 0 Å². The lowest BCUT2D eigenvalue weighted by molar-refractivity contribution is -0.122. The molecule has 1 heterocycles. The minimum Gasteiger partial charge on any atom is -0.321 e. The summed E-state index contributed by atoms with van der Waals surface area (Å²) in [4.78, 5) is 26.3. The van der Waals surface area contributed by atoms with Gasteiger partial charge in [0.2, 0.25) is 11.8 Å². The molecule has 0 bridgehead atoms. The van der Waals surface area contributed by atoms with Crippen molar-refractivity contribution in [3.63, 3.8) is 0 Å². The molecule has 0 radical (unpaired) electrons. The van der Waals surface area contributed by atoms with E-state index >= 15 is 0 Å². The minimum absolute atomic E-state index is 0.000199. The van der Waals surface area contributed by atoms with Crippen LogP contribution < -0.4 is 10.2 Å². The van der Waals surface area contributed by atoms with Gasteiger partial charge in [0, 0.05) is 18.7 Å². The highest BCUT2D eigenvalue weighted by atomic mass is 19.1. The third kappa shape index (κ3) is 3.99. The Hall–Kier alpha value is -2.76. The summed E-state index contributed by atoms with van der Waals surface area (Å²) < 4.78 is 27.4. The van der Waals surface area contributed by atoms with Crippen LogP contribution in [0.2, 0.25) is 0 Å². The Morgan fingerprint density at radius 2 is 1.67 bits per heavy atom. The van der Waals surface area contributed by atoms with Crippen LogP contribution in [0.3, 0.4) is 0 Å². The number of nitrogens with one attached hydrogen (secondary N) is 1. The van der Waals surface area contributed by atoms with Crippen LogP contribution in [-0.4, -0.2) is 18.4 Å². The Morgan fingerprint density at radius 1 is 1.07 bits per heavy atom. The Labute approximate surface area is 157 Å². The number of carbonyl (C=O) groups excluding carboxylic acids is 2. The van der Waals surface area contributed by atoms with Crippen LogP contribution in [0.1, 0.15) is 32.8 Å². The van der Waals surface area contributed by atoms with E-state index in [9.17, 15) is 18.4 Å². The van der Waals surface area contributed by atoms with Crippen LogP contribution >= 0.6 is 0 Å². The Morgan fingerprint density at radius 3 is 2.22 bits per heavy atom. The molecule has 1 N–H and O–H groups in total. The third-order valence-corrected chi connectivity index (χ3v) is 4.75. The molecule has 27 heavy (non-hydrogen) atoms. The van der Waals surface area contributed by atoms with Crippen molar-refractivity contribution in [1.82, 2.24) is 0 Å². The van der Waals surface area contributed by atoms with Crippen LogP contribution in [0.15, 0.2) is 42.5 Å². The van der Waals surface area contributed by atoms with Crippen molar-refractivity contribution >= 4 is 23.2 Å². The van der Waals surface area contributed by atoms with E-state index in [1.165, 1.54) is 11.0 Å². The van der Waals surface area contributed by atoms with E-state index in [2.05, 4.69) is 26.1 Å². The molecule has 0 aromatic heterocycles. The average molecular weight is 372 g/mol. The van der Waals surface area contributed by atoms with Crippen molar-refractivity contribution < 1.29 is 18.4 Å². The predicted molar refractivity (Wildman–Crippen MR) is 101 cm³/mol. The van der Waals surface area contributed by atoms with Gasteiger partial charge in [0.1, 0.15) is 17.3 Å². The first-order chi connectivity index (χ1) is 12.7. The lowest BCUT2D eigenvalue weighted by Gasteiger charge is -2.21. The number of hydrogen-bond donors (Lipinski definition) is 1. The summed E-state index contributed by atoms with van der Waals surface area (Å²) in [6.45, 7) is 6.48. The smallest absolute Gasteiger partial charge is 0.229 e. The second-order valence-electron chi connectivity index (χ2n) is 7.79. The summed E-state index contributed by atoms with van der Waals surface area (Å²) in [7, 11) is 0. The molecule has 1 aliphatic heterocycles. The maximum Gasteiger partial charge on any atom is 0.229 e. The summed E-state index contributed by atoms with van der Waals surface area (Å²) in [6.07, 6.45) is 0.00290. The molecule has 0 saturated carbocycles. The highest BCUT2D eigenvalue weighted by Gasteiger charge is 2.35. The quantitative estimate of drug-likeness (QED) is 0.875. The number of hydrogen-bond acceptors (Lipinski definition) is 2. The first-order valence-corrected chi connectivity index (χ1v) is 8.82. The molecule has 2 aromatic carbocycles. The molecular formula is C21H22F2N2O2. The zero-order valence-electron chi connectivity index (χ0n) is 15.6. The second kappa shape index (κ2) is 7.10. The average Bonchev–Trinajstić information content (AvgIpc) is 2.99. The first kappa shape index (κ1) is 19.0. The van der Waals surface area contributed by atoms with Gasteiger partial charge in [-0.2, -0.15) is 0 Å². The highest BCUT2D eigenvalue weighted by Crippen LogP contribution is 2.29. The molecule has 0 spiro atoms. The van der Waals surface area contributed by atoms with Crippen molar-refractivity contribution in [3.8, 4) is 0 Å². The van der Waals surface area contributed by atoms with E-state index in [4.69, 9.17) is 0 Å². The molecule has 2 amide bonds. The van der Waals surface area contributed by atoms with Crippen LogP contribution in [0.25, 0.3) is 0 Å². The number of rotatable bonds is 3. The number of anilines is 2. The number of benzene rings is 2. The molecule has 0 aliphatic carbocycles. The Kier molecular flexibility index (Phi) is 5.00. The number of carbonyl (C=O) groups is 2. The fourth-order valence-corrected chi connectivity index (χ4v) is 3.12. The van der Waals surface area contributed by atoms with Crippen molar-refractivity contribution in [2.45, 2.75) is 32.6 Å². The number of halogens is 2. The van der Waals surface area contributed by atoms with Gasteiger partial charge in [-0.25, -0.2) is 8.78 Å². The van der Waals surface area contributed by atoms with Gasteiger partial charge in [0.25, 0.3) is 0 Å². The maximum atomic E-state index is 13.7. The van der Waals surface area contributed by atoms with Gasteiger partial charge < -0.3 is 10.2 Å². The molecule has 3 rings (SSSR count). The van der Waals surface area contributed by atoms with Crippen LogP contribution in [0, 0.1) is 17.6 Å². The van der Waals surface area contributed by atoms with E-state index < -0.39 is 29.1 Å². The molecule has 6 heteroatoms. The molecule has 1 unspecified atom stereocenters. The number of amides is 2. The number of para-hydroxylation sites is 1. The van der Waals surface area contributed by atoms with Gasteiger partial charge in [-0.1, -0.05) is 39.0 Å². The van der Waals surface area contributed by atoms with Gasteiger partial charge >= 0.3 is 0 Å². The van der Waals surface area contributed by atoms with E-state index in [1.807, 2.05) is 24.3 Å². The standard InChI is InChI=1S/C21H22F2N2O2/c1-21(2,3)14-7-9-15(10-8-14)25-12-13(11-18(25)26)20(27)24-19-16(22)5-4-6-17(19)23/h4-10,13H,11-12H2,1-3H3,(H,24,27). The largest absolute Gasteiger partial charge is 0.321 e. The minimum atomic E-state index is -0.845. The Balaban J connectivity index is 1.72. The zero-order chi connectivity index (χ0) is 19.8. The summed E-state index contributed by atoms with van der Waals surface area (Å²) in [5.41, 5.74) is 1.37. The SMILES string of the molecule is CC(C)(C)c1ccc(N2CC(C(=O)Nc3c(F)cccc3F)CC2=O)cc1. The van der Waals surface area contributed by atoms with Gasteiger partial charge in [-0.15, -0.1) is 0 Å². The summed E-state index contributed by atoms with van der Waals surface area (Å²) in [6, 6.07) is 11.0. The third-order valence-electron chi connectivity index (χ3n) is 4.75. The lowest BCUT2D eigenvalue weighted by Crippen LogP contribution is -2.28. The molecule has 4 nitrogen and oxygen atoms in total. The molecule has 142 valence electrons. The maximum absolute atomic E-state index is 13.7. The van der Waals surface area contributed by atoms with E-state index in [-0.39, 0.29) is 24.3 Å². The zero-order valence-corrected chi connectivity index (χ0v) is 15.6. The van der Waals surface area contributed by atoms with E-state index in [0.29, 0.717) is 5.69 Å². The lowest BCUT2D eigenvalue weighted by atomic mass is 9.87. The van der Waals surface area contributed by atoms with Crippen LogP contribution in [-0.2, 0) is 15.0 Å². The predicted octanol–water partition coefficient (Wildman–Crippen LogP) is 4.25. The topological polar surface area (TPSA) is 49.4 Å². The Bertz CT molecular complexity index is 852. The molecule has 1 fully saturated rings. The summed E-state index contributed by atoms with van der Waals surface area (Å²) in [5, 5.41) is 2.27. The van der Waals surface area contributed by atoms with Crippen molar-refractivity contribution in [2.24, 2.45) is 5.92 Å². The van der Waals surface area contributed by atoms with Gasteiger partial charge in [0.05, 0.1) is 5.92 Å². The van der Waals surface area contributed by atoms with E-state index in [0.717, 1.165) is 17.7 Å². The number of nitrogens with zero attached hydrogens (tertiary/aromatic N) is 1. The molecule has 1 aliphatic rings. The second-order valence-corrected chi connectivity index (χ2v) is 7.79. The molecular weight excluding hydrogens is 350 g/mol. The first-order valence-electron chi connectivity index (χ1n) is 8.82. The fraction of sp³-hybridized carbons (Fsp3) is 0.333. The molecule has 1 atom stereocenters. The van der Waals surface area contributed by atoms with Crippen molar-refractivity contribution in [2.75, 3.05) is 16.8 Å². The highest BCUT2D eigenvalue weighted by molar-refractivity contribution is 6.03. The van der Waals surface area contributed by atoms with Crippen LogP contribution in [0.4, 0.5) is 20.2 Å². The van der Waals surface area contributed by atoms with Crippen molar-refractivity contribution in [3.05, 3.63) is 59.7 Å². The van der Waals surface area contributed by atoms with Crippen molar-refractivity contribution in [1.29, 1.82) is 0 Å². The van der Waals surface area contributed by atoms with E-state index in [1.54, 1.807) is 0 Å². The molecule has 2 aromatic rings.